The molecule has 1 unspecified atom stereocenters. The molecule has 1 aromatic carbocycles. The lowest BCUT2D eigenvalue weighted by atomic mass is 10.2. The van der Waals surface area contributed by atoms with Gasteiger partial charge in [0.25, 0.3) is 5.91 Å². The summed E-state index contributed by atoms with van der Waals surface area (Å²) in [5.41, 5.74) is 1.10. The molecule has 1 amide bonds. The van der Waals surface area contributed by atoms with Gasteiger partial charge in [0.05, 0.1) is 11.7 Å². The second-order valence-electron chi connectivity index (χ2n) is 5.89. The van der Waals surface area contributed by atoms with E-state index >= 15 is 0 Å². The summed E-state index contributed by atoms with van der Waals surface area (Å²) in [5.74, 6) is 1.05. The summed E-state index contributed by atoms with van der Waals surface area (Å²) in [6, 6.07) is 7.54. The van der Waals surface area contributed by atoms with Gasteiger partial charge in [0, 0.05) is 24.1 Å². The molecule has 1 heterocycles. The number of aromatic nitrogens is 2. The minimum atomic E-state index is -0.248. The van der Waals surface area contributed by atoms with Gasteiger partial charge in [-0.05, 0) is 51.5 Å². The number of ether oxygens (including phenoxy) is 1. The summed E-state index contributed by atoms with van der Waals surface area (Å²) < 4.78 is 5.57. The van der Waals surface area contributed by atoms with E-state index in [1.54, 1.807) is 12.1 Å². The van der Waals surface area contributed by atoms with Crippen LogP contribution in [0.15, 0.2) is 36.7 Å². The van der Waals surface area contributed by atoms with Crippen molar-refractivity contribution in [3.63, 3.8) is 0 Å². The highest BCUT2D eigenvalue weighted by Crippen LogP contribution is 2.17. The van der Waals surface area contributed by atoms with E-state index in [0.29, 0.717) is 17.2 Å². The maximum Gasteiger partial charge on any atom is 0.258 e. The highest BCUT2D eigenvalue weighted by molar-refractivity contribution is 6.03. The van der Waals surface area contributed by atoms with Gasteiger partial charge in [0.15, 0.2) is 0 Å². The Morgan fingerprint density at radius 1 is 1.12 bits per heavy atom. The van der Waals surface area contributed by atoms with Crippen LogP contribution in [0, 0.1) is 0 Å². The van der Waals surface area contributed by atoms with Crippen molar-refractivity contribution >= 4 is 17.5 Å². The van der Waals surface area contributed by atoms with Crippen molar-refractivity contribution in [2.24, 2.45) is 0 Å². The second-order valence-corrected chi connectivity index (χ2v) is 5.89. The Bertz CT molecular complexity index is 654. The number of rotatable bonds is 7. The fourth-order valence-corrected chi connectivity index (χ4v) is 1.93. The van der Waals surface area contributed by atoms with E-state index < -0.39 is 0 Å². The first-order chi connectivity index (χ1) is 11.5. The molecule has 0 fully saturated rings. The zero-order chi connectivity index (χ0) is 17.5. The Morgan fingerprint density at radius 3 is 2.29 bits per heavy atom. The van der Waals surface area contributed by atoms with Crippen LogP contribution in [0.5, 0.6) is 5.75 Å². The van der Waals surface area contributed by atoms with Crippen molar-refractivity contribution in [1.82, 2.24) is 9.97 Å². The fourth-order valence-electron chi connectivity index (χ4n) is 1.93. The average Bonchev–Trinajstić information content (AvgIpc) is 2.56. The van der Waals surface area contributed by atoms with Crippen LogP contribution < -0.4 is 15.4 Å². The monoisotopic (exact) mass is 328 g/mol. The van der Waals surface area contributed by atoms with Gasteiger partial charge >= 0.3 is 0 Å². The third-order valence-corrected chi connectivity index (χ3v) is 3.39. The SMILES string of the molecule is CCC(C)Nc1ncc(C(=O)Nc2ccc(OC(C)C)cc2)cn1. The lowest BCUT2D eigenvalue weighted by molar-refractivity contribution is 0.102. The molecule has 1 aromatic heterocycles. The molecule has 0 saturated carbocycles. The number of carbonyl (C=O) groups excluding carboxylic acids is 1. The van der Waals surface area contributed by atoms with Crippen LogP contribution in [-0.4, -0.2) is 28.0 Å². The standard InChI is InChI=1S/C18H24N4O2/c1-5-13(4)21-18-19-10-14(11-20-18)17(23)22-15-6-8-16(9-7-15)24-12(2)3/h6-13H,5H2,1-4H3,(H,22,23)(H,19,20,21). The Labute approximate surface area is 142 Å². The van der Waals surface area contributed by atoms with E-state index in [2.05, 4.69) is 34.4 Å². The van der Waals surface area contributed by atoms with Crippen LogP contribution in [0.4, 0.5) is 11.6 Å². The van der Waals surface area contributed by atoms with Crippen molar-refractivity contribution in [2.75, 3.05) is 10.6 Å². The molecule has 0 spiro atoms. The van der Waals surface area contributed by atoms with Gasteiger partial charge in [-0.15, -0.1) is 0 Å². The molecule has 2 rings (SSSR count). The quantitative estimate of drug-likeness (QED) is 0.810. The van der Waals surface area contributed by atoms with Crippen LogP contribution >= 0.6 is 0 Å². The molecular formula is C18H24N4O2. The molecule has 128 valence electrons. The molecule has 2 N–H and O–H groups in total. The Hall–Kier alpha value is -2.63. The van der Waals surface area contributed by atoms with Crippen molar-refractivity contribution < 1.29 is 9.53 Å². The number of hydrogen-bond acceptors (Lipinski definition) is 5. The first-order valence-corrected chi connectivity index (χ1v) is 8.14. The summed E-state index contributed by atoms with van der Waals surface area (Å²) in [6.45, 7) is 8.07. The molecule has 24 heavy (non-hydrogen) atoms. The zero-order valence-corrected chi connectivity index (χ0v) is 14.5. The van der Waals surface area contributed by atoms with Crippen LogP contribution in [0.3, 0.4) is 0 Å². The van der Waals surface area contributed by atoms with Crippen molar-refractivity contribution in [2.45, 2.75) is 46.3 Å². The molecule has 0 saturated heterocycles. The summed E-state index contributed by atoms with van der Waals surface area (Å²) in [5, 5.41) is 5.98. The smallest absolute Gasteiger partial charge is 0.258 e. The molecule has 0 aliphatic carbocycles. The number of carbonyl (C=O) groups is 1. The van der Waals surface area contributed by atoms with Gasteiger partial charge < -0.3 is 15.4 Å². The molecular weight excluding hydrogens is 304 g/mol. The molecule has 6 heteroatoms. The third-order valence-electron chi connectivity index (χ3n) is 3.39. The molecule has 1 atom stereocenters. The minimum absolute atomic E-state index is 0.116. The summed E-state index contributed by atoms with van der Waals surface area (Å²) in [6.07, 6.45) is 4.12. The first kappa shape index (κ1) is 17.7. The maximum atomic E-state index is 12.2. The van der Waals surface area contributed by atoms with Crippen molar-refractivity contribution in [3.8, 4) is 5.75 Å². The molecule has 2 aromatic rings. The van der Waals surface area contributed by atoms with Crippen molar-refractivity contribution in [3.05, 3.63) is 42.2 Å². The van der Waals surface area contributed by atoms with Gasteiger partial charge in [-0.25, -0.2) is 9.97 Å². The lowest BCUT2D eigenvalue weighted by Crippen LogP contribution is -2.17. The molecule has 0 bridgehead atoms. The average molecular weight is 328 g/mol. The predicted octanol–water partition coefficient (Wildman–Crippen LogP) is 3.73. The zero-order valence-electron chi connectivity index (χ0n) is 14.5. The van der Waals surface area contributed by atoms with Gasteiger partial charge in [-0.1, -0.05) is 6.92 Å². The van der Waals surface area contributed by atoms with Crippen LogP contribution in [0.25, 0.3) is 0 Å². The second kappa shape index (κ2) is 8.29. The molecule has 0 aliphatic heterocycles. The maximum absolute atomic E-state index is 12.2. The van der Waals surface area contributed by atoms with Gasteiger partial charge in [0.1, 0.15) is 5.75 Å². The molecule has 0 aliphatic rings. The topological polar surface area (TPSA) is 76.1 Å². The Morgan fingerprint density at radius 2 is 1.75 bits per heavy atom. The Kier molecular flexibility index (Phi) is 6.12. The van der Waals surface area contributed by atoms with E-state index in [4.69, 9.17) is 4.74 Å². The van der Waals surface area contributed by atoms with Gasteiger partial charge in [-0.2, -0.15) is 0 Å². The summed E-state index contributed by atoms with van der Waals surface area (Å²) in [4.78, 5) is 20.6. The number of nitrogens with one attached hydrogen (secondary N) is 2. The summed E-state index contributed by atoms with van der Waals surface area (Å²) in [7, 11) is 0. The van der Waals surface area contributed by atoms with Crippen LogP contribution in [0.1, 0.15) is 44.5 Å². The highest BCUT2D eigenvalue weighted by Gasteiger charge is 2.09. The highest BCUT2D eigenvalue weighted by atomic mass is 16.5. The molecule has 0 radical (unpaired) electrons. The first-order valence-electron chi connectivity index (χ1n) is 8.14. The Balaban J connectivity index is 1.96. The third kappa shape index (κ3) is 5.22. The number of amides is 1. The van der Waals surface area contributed by atoms with E-state index in [1.165, 1.54) is 12.4 Å². The van der Waals surface area contributed by atoms with Crippen LogP contribution in [-0.2, 0) is 0 Å². The lowest BCUT2D eigenvalue weighted by Gasteiger charge is -2.12. The predicted molar refractivity (Wildman–Crippen MR) is 95.6 cm³/mol. The number of nitrogens with zero attached hydrogens (tertiary/aromatic N) is 2. The van der Waals surface area contributed by atoms with E-state index in [9.17, 15) is 4.79 Å². The number of benzene rings is 1. The fraction of sp³-hybridized carbons (Fsp3) is 0.389. The molecule has 6 nitrogen and oxygen atoms in total. The van der Waals surface area contributed by atoms with E-state index in [1.807, 2.05) is 26.0 Å². The van der Waals surface area contributed by atoms with Crippen LogP contribution in [0.2, 0.25) is 0 Å². The van der Waals surface area contributed by atoms with Gasteiger partial charge in [0.2, 0.25) is 5.95 Å². The summed E-state index contributed by atoms with van der Waals surface area (Å²) >= 11 is 0. The number of anilines is 2. The van der Waals surface area contributed by atoms with Gasteiger partial charge in [-0.3, -0.25) is 4.79 Å². The van der Waals surface area contributed by atoms with Crippen molar-refractivity contribution in [1.29, 1.82) is 0 Å². The van der Waals surface area contributed by atoms with E-state index in [-0.39, 0.29) is 18.1 Å². The minimum Gasteiger partial charge on any atom is -0.491 e. The van der Waals surface area contributed by atoms with E-state index in [0.717, 1.165) is 12.2 Å². The number of hydrogen-bond donors (Lipinski definition) is 2. The normalized spacial score (nSPS) is 11.9. The largest absolute Gasteiger partial charge is 0.491 e.